The van der Waals surface area contributed by atoms with Crippen molar-refractivity contribution in [2.75, 3.05) is 0 Å². The molecule has 0 aromatic carbocycles. The van der Waals surface area contributed by atoms with Crippen molar-refractivity contribution in [3.8, 4) is 0 Å². The Morgan fingerprint density at radius 3 is 1.43 bits per heavy atom. The van der Waals surface area contributed by atoms with E-state index in [1.54, 1.807) is 0 Å². The van der Waals surface area contributed by atoms with Gasteiger partial charge in [0.15, 0.2) is 0 Å². The Bertz CT molecular complexity index is 32.7. The Morgan fingerprint density at radius 2 is 1.43 bits per heavy atom. The smallest absolute Gasteiger partial charge is 2.00 e. The molecule has 0 amide bonds. The maximum Gasteiger partial charge on any atom is 4.00 e. The summed E-state index contributed by atoms with van der Waals surface area (Å²) in [5.74, 6) is -0.833. The average molecular weight is 183 g/mol. The zero-order valence-electron chi connectivity index (χ0n) is 3.67. The third-order valence-electron chi connectivity index (χ3n) is 0. The number of carboxylic acids is 1. The zero-order chi connectivity index (χ0) is 3.58. The summed E-state index contributed by atoms with van der Waals surface area (Å²) in [4.78, 5) is 9.00. The Balaban J connectivity index is -0.0000000150. The van der Waals surface area contributed by atoms with Crippen LogP contribution in [0.1, 0.15) is 6.92 Å². The summed E-state index contributed by atoms with van der Waals surface area (Å²) < 4.78 is 0. The maximum atomic E-state index is 9.00. The van der Waals surface area contributed by atoms with Crippen LogP contribution < -0.4 is 0 Å². The molecule has 5 heteroatoms. The van der Waals surface area contributed by atoms with Gasteiger partial charge in [0.1, 0.15) is 0 Å². The fourth-order valence-electron chi connectivity index (χ4n) is 0. The Morgan fingerprint density at radius 1 is 1.43 bits per heavy atom. The number of hydrogen-bond donors (Lipinski definition) is 1. The van der Waals surface area contributed by atoms with Crippen LogP contribution in [-0.4, -0.2) is 11.1 Å². The van der Waals surface area contributed by atoms with Gasteiger partial charge in [-0.3, -0.25) is 4.79 Å². The first-order chi connectivity index (χ1) is 1.73. The first-order valence-corrected chi connectivity index (χ1v) is 0.928. The molecule has 40 valence electrons. The van der Waals surface area contributed by atoms with E-state index in [1.807, 2.05) is 0 Å². The average Bonchev–Trinajstić information content (AvgIpc) is 0.811. The van der Waals surface area contributed by atoms with Crippen LogP contribution in [0, 0.1) is 0 Å². The molecule has 0 aromatic heterocycles. The topological polar surface area (TPSA) is 94.3 Å². The van der Waals surface area contributed by atoms with Crippen LogP contribution in [0.25, 0.3) is 0 Å². The molecule has 7 heavy (non-hydrogen) atoms. The second-order valence-corrected chi connectivity index (χ2v) is 0.519. The maximum absolute atomic E-state index is 9.00. The van der Waals surface area contributed by atoms with Crippen LogP contribution in [0.2, 0.25) is 0 Å². The molecule has 1 N–H and O–H groups in total. The van der Waals surface area contributed by atoms with Crippen molar-refractivity contribution < 1.29 is 47.1 Å². The standard InChI is InChI=1S/C2H4O2.2O.Zr/c1-2(3)4;;;/h1H3,(H,3,4);;;/q;2*-2;+4. The molecule has 0 aromatic rings. The molecule has 0 unspecified atom stereocenters. The molecule has 0 saturated carbocycles. The van der Waals surface area contributed by atoms with Gasteiger partial charge in [-0.25, -0.2) is 0 Å². The Hall–Kier alpha value is 0.273. The quantitative estimate of drug-likeness (QED) is 0.565. The van der Waals surface area contributed by atoms with E-state index in [-0.39, 0.29) is 37.2 Å². The fraction of sp³-hybridized carbons (Fsp3) is 0.500. The number of carbonyl (C=O) groups is 1. The summed E-state index contributed by atoms with van der Waals surface area (Å²) in [5, 5.41) is 7.42. The van der Waals surface area contributed by atoms with Crippen LogP contribution in [0.4, 0.5) is 0 Å². The van der Waals surface area contributed by atoms with Crippen molar-refractivity contribution in [3.05, 3.63) is 0 Å². The summed E-state index contributed by atoms with van der Waals surface area (Å²) >= 11 is 0. The van der Waals surface area contributed by atoms with Crippen molar-refractivity contribution >= 4 is 5.97 Å². The molecule has 0 atom stereocenters. The van der Waals surface area contributed by atoms with Gasteiger partial charge in [0, 0.05) is 6.92 Å². The van der Waals surface area contributed by atoms with Crippen molar-refractivity contribution in [1.29, 1.82) is 0 Å². The van der Waals surface area contributed by atoms with Gasteiger partial charge in [-0.05, 0) is 0 Å². The first-order valence-electron chi connectivity index (χ1n) is 0.928. The van der Waals surface area contributed by atoms with Gasteiger partial charge in [0.05, 0.1) is 0 Å². The van der Waals surface area contributed by atoms with Crippen molar-refractivity contribution in [3.63, 3.8) is 0 Å². The number of rotatable bonds is 0. The molecule has 0 heterocycles. The van der Waals surface area contributed by atoms with E-state index in [0.29, 0.717) is 0 Å². The van der Waals surface area contributed by atoms with E-state index < -0.39 is 5.97 Å². The number of carboxylic acid groups (broad SMARTS) is 1. The fourth-order valence-corrected chi connectivity index (χ4v) is 0. The molecule has 0 radical (unpaired) electrons. The normalized spacial score (nSPS) is 3.57. The second kappa shape index (κ2) is 16.3. The molecule has 0 fully saturated rings. The van der Waals surface area contributed by atoms with Crippen LogP contribution in [-0.2, 0) is 42.0 Å². The summed E-state index contributed by atoms with van der Waals surface area (Å²) in [6, 6.07) is 0. The summed E-state index contributed by atoms with van der Waals surface area (Å²) in [6.45, 7) is 1.08. The molecule has 0 spiro atoms. The van der Waals surface area contributed by atoms with E-state index in [2.05, 4.69) is 0 Å². The van der Waals surface area contributed by atoms with Gasteiger partial charge in [0.25, 0.3) is 5.97 Å². The Kier molecular flexibility index (Phi) is 62.1. The van der Waals surface area contributed by atoms with Crippen LogP contribution in [0.3, 0.4) is 0 Å². The van der Waals surface area contributed by atoms with Crippen molar-refractivity contribution in [2.45, 2.75) is 6.92 Å². The van der Waals surface area contributed by atoms with Crippen molar-refractivity contribution in [1.82, 2.24) is 0 Å². The minimum Gasteiger partial charge on any atom is -2.00 e. The summed E-state index contributed by atoms with van der Waals surface area (Å²) in [5.41, 5.74) is 0. The monoisotopic (exact) mass is 182 g/mol. The van der Waals surface area contributed by atoms with Crippen LogP contribution in [0.15, 0.2) is 0 Å². The van der Waals surface area contributed by atoms with Gasteiger partial charge in [-0.1, -0.05) is 0 Å². The minimum absolute atomic E-state index is 0. The molecule has 0 saturated heterocycles. The Labute approximate surface area is 60.3 Å². The predicted octanol–water partition coefficient (Wildman–Crippen LogP) is -0.149. The SMILES string of the molecule is CC(=O)O.[O-2].[O-2].[Zr+4]. The summed E-state index contributed by atoms with van der Waals surface area (Å²) in [6.07, 6.45) is 0. The van der Waals surface area contributed by atoms with E-state index in [4.69, 9.17) is 9.90 Å². The summed E-state index contributed by atoms with van der Waals surface area (Å²) in [7, 11) is 0. The minimum atomic E-state index is -0.833. The van der Waals surface area contributed by atoms with Gasteiger partial charge >= 0.3 is 26.2 Å². The van der Waals surface area contributed by atoms with E-state index in [1.165, 1.54) is 0 Å². The number of aliphatic carboxylic acids is 1. The van der Waals surface area contributed by atoms with Gasteiger partial charge in [-0.15, -0.1) is 0 Å². The molecule has 0 aliphatic rings. The molecule has 0 bridgehead atoms. The zero-order valence-corrected chi connectivity index (χ0v) is 6.13. The molecule has 0 rings (SSSR count). The van der Waals surface area contributed by atoms with E-state index >= 15 is 0 Å². The first kappa shape index (κ1) is 26.7. The molecule has 4 nitrogen and oxygen atoms in total. The molecule has 0 aliphatic heterocycles. The largest absolute Gasteiger partial charge is 4.00 e. The van der Waals surface area contributed by atoms with Crippen LogP contribution in [0.5, 0.6) is 0 Å². The molecular weight excluding hydrogens is 179 g/mol. The molecule has 0 aliphatic carbocycles. The van der Waals surface area contributed by atoms with Crippen LogP contribution >= 0.6 is 0 Å². The van der Waals surface area contributed by atoms with Gasteiger partial charge < -0.3 is 16.1 Å². The van der Waals surface area contributed by atoms with E-state index in [0.717, 1.165) is 6.92 Å². The van der Waals surface area contributed by atoms with E-state index in [9.17, 15) is 0 Å². The predicted molar refractivity (Wildman–Crippen MR) is 14.7 cm³/mol. The molecular formula is C2H4O4Zr. The third-order valence-corrected chi connectivity index (χ3v) is 0. The van der Waals surface area contributed by atoms with Gasteiger partial charge in [0.2, 0.25) is 0 Å². The number of hydrogen-bond acceptors (Lipinski definition) is 1. The third kappa shape index (κ3) is 1540. The van der Waals surface area contributed by atoms with Gasteiger partial charge in [-0.2, -0.15) is 0 Å². The second-order valence-electron chi connectivity index (χ2n) is 0.519. The van der Waals surface area contributed by atoms with Crippen molar-refractivity contribution in [2.24, 2.45) is 0 Å².